The van der Waals surface area contributed by atoms with Crippen molar-refractivity contribution >= 4 is 23.6 Å². The standard InChI is InChI=1S/C21H22ClFN2O2/c1-27-20-7-6-19(23)14-17(20)15-24-9-11-25(12-10-24)21(26)8-5-16-3-2-4-18(22)13-16/h2-8,13-14H,9-12,15H2,1H3/b8-5+. The number of nitrogens with zero attached hydrogens (tertiary/aromatic N) is 2. The number of ether oxygens (including phenoxy) is 1. The van der Waals surface area contributed by atoms with E-state index in [1.165, 1.54) is 12.1 Å². The molecule has 1 saturated heterocycles. The molecule has 0 spiro atoms. The molecule has 0 unspecified atom stereocenters. The number of piperazine rings is 1. The van der Waals surface area contributed by atoms with Gasteiger partial charge in [-0.3, -0.25) is 9.69 Å². The van der Waals surface area contributed by atoms with Crippen LogP contribution in [0.3, 0.4) is 0 Å². The molecular weight excluding hydrogens is 367 g/mol. The first kappa shape index (κ1) is 19.4. The number of amides is 1. The SMILES string of the molecule is COc1ccc(F)cc1CN1CCN(C(=O)/C=C/c2cccc(Cl)c2)CC1. The van der Waals surface area contributed by atoms with Crippen LogP contribution in [0.15, 0.2) is 48.5 Å². The Morgan fingerprint density at radius 2 is 1.96 bits per heavy atom. The molecule has 3 rings (SSSR count). The molecule has 1 aliphatic heterocycles. The van der Waals surface area contributed by atoms with E-state index in [0.717, 1.165) is 24.2 Å². The molecule has 0 radical (unpaired) electrons. The zero-order valence-electron chi connectivity index (χ0n) is 15.2. The Kier molecular flexibility index (Phi) is 6.48. The smallest absolute Gasteiger partial charge is 0.246 e. The van der Waals surface area contributed by atoms with Gasteiger partial charge in [-0.15, -0.1) is 0 Å². The molecule has 0 bridgehead atoms. The first-order chi connectivity index (χ1) is 13.0. The van der Waals surface area contributed by atoms with Gasteiger partial charge in [0.1, 0.15) is 11.6 Å². The summed E-state index contributed by atoms with van der Waals surface area (Å²) in [6.07, 6.45) is 3.36. The normalized spacial score (nSPS) is 15.3. The lowest BCUT2D eigenvalue weighted by molar-refractivity contribution is -0.127. The van der Waals surface area contributed by atoms with Crippen LogP contribution in [-0.4, -0.2) is 49.0 Å². The summed E-state index contributed by atoms with van der Waals surface area (Å²) in [6.45, 7) is 3.33. The third-order valence-corrected chi connectivity index (χ3v) is 4.82. The van der Waals surface area contributed by atoms with E-state index in [2.05, 4.69) is 4.90 Å². The number of methoxy groups -OCH3 is 1. The second-order valence-electron chi connectivity index (χ2n) is 6.45. The lowest BCUT2D eigenvalue weighted by Crippen LogP contribution is -2.47. The molecule has 142 valence electrons. The Morgan fingerprint density at radius 3 is 2.67 bits per heavy atom. The molecule has 0 N–H and O–H groups in total. The molecule has 1 amide bonds. The third-order valence-electron chi connectivity index (χ3n) is 4.59. The zero-order valence-corrected chi connectivity index (χ0v) is 16.0. The van der Waals surface area contributed by atoms with Gasteiger partial charge < -0.3 is 9.64 Å². The number of carbonyl (C=O) groups is 1. The highest BCUT2D eigenvalue weighted by Crippen LogP contribution is 2.21. The van der Waals surface area contributed by atoms with Crippen molar-refractivity contribution in [1.82, 2.24) is 9.80 Å². The highest BCUT2D eigenvalue weighted by Gasteiger charge is 2.20. The van der Waals surface area contributed by atoms with Gasteiger partial charge in [-0.05, 0) is 42.0 Å². The molecule has 2 aromatic rings. The Morgan fingerprint density at radius 1 is 1.19 bits per heavy atom. The highest BCUT2D eigenvalue weighted by atomic mass is 35.5. The minimum atomic E-state index is -0.272. The van der Waals surface area contributed by atoms with Gasteiger partial charge in [-0.25, -0.2) is 4.39 Å². The molecule has 0 atom stereocenters. The number of rotatable bonds is 5. The largest absolute Gasteiger partial charge is 0.496 e. The monoisotopic (exact) mass is 388 g/mol. The van der Waals surface area contributed by atoms with Crippen molar-refractivity contribution in [2.75, 3.05) is 33.3 Å². The van der Waals surface area contributed by atoms with Gasteiger partial charge in [0.15, 0.2) is 0 Å². The van der Waals surface area contributed by atoms with Crippen molar-refractivity contribution in [2.24, 2.45) is 0 Å². The second-order valence-corrected chi connectivity index (χ2v) is 6.88. The molecular formula is C21H22ClFN2O2. The van der Waals surface area contributed by atoms with Crippen molar-refractivity contribution < 1.29 is 13.9 Å². The maximum atomic E-state index is 13.5. The fourth-order valence-corrected chi connectivity index (χ4v) is 3.32. The van der Waals surface area contributed by atoms with Crippen LogP contribution < -0.4 is 4.74 Å². The maximum absolute atomic E-state index is 13.5. The molecule has 1 heterocycles. The zero-order chi connectivity index (χ0) is 19.2. The van der Waals surface area contributed by atoms with E-state index in [1.54, 1.807) is 31.4 Å². The van der Waals surface area contributed by atoms with E-state index < -0.39 is 0 Å². The van der Waals surface area contributed by atoms with Gasteiger partial charge in [-0.2, -0.15) is 0 Å². The number of hydrogen-bond donors (Lipinski definition) is 0. The van der Waals surface area contributed by atoms with Crippen molar-refractivity contribution in [1.29, 1.82) is 0 Å². The van der Waals surface area contributed by atoms with E-state index in [4.69, 9.17) is 16.3 Å². The van der Waals surface area contributed by atoms with Gasteiger partial charge in [0.2, 0.25) is 5.91 Å². The van der Waals surface area contributed by atoms with Gasteiger partial charge in [0, 0.05) is 49.4 Å². The number of carbonyl (C=O) groups excluding carboxylic acids is 1. The molecule has 0 saturated carbocycles. The lowest BCUT2D eigenvalue weighted by atomic mass is 10.1. The van der Waals surface area contributed by atoms with E-state index in [9.17, 15) is 9.18 Å². The summed E-state index contributed by atoms with van der Waals surface area (Å²) in [6, 6.07) is 11.9. The molecule has 27 heavy (non-hydrogen) atoms. The van der Waals surface area contributed by atoms with Crippen molar-refractivity contribution in [2.45, 2.75) is 6.54 Å². The van der Waals surface area contributed by atoms with E-state index in [0.29, 0.717) is 30.4 Å². The molecule has 0 aliphatic carbocycles. The predicted molar refractivity (Wildman–Crippen MR) is 105 cm³/mol. The Hall–Kier alpha value is -2.37. The third kappa shape index (κ3) is 5.31. The van der Waals surface area contributed by atoms with Crippen LogP contribution in [0.4, 0.5) is 4.39 Å². The van der Waals surface area contributed by atoms with Crippen LogP contribution >= 0.6 is 11.6 Å². The number of halogens is 2. The molecule has 6 heteroatoms. The number of benzene rings is 2. The van der Waals surface area contributed by atoms with Crippen LogP contribution in [0.2, 0.25) is 5.02 Å². The van der Waals surface area contributed by atoms with Gasteiger partial charge in [0.25, 0.3) is 0 Å². The molecule has 2 aromatic carbocycles. The van der Waals surface area contributed by atoms with E-state index in [1.807, 2.05) is 23.1 Å². The summed E-state index contributed by atoms with van der Waals surface area (Å²) in [5.41, 5.74) is 1.71. The maximum Gasteiger partial charge on any atom is 0.246 e. The summed E-state index contributed by atoms with van der Waals surface area (Å²) in [4.78, 5) is 16.4. The van der Waals surface area contributed by atoms with Crippen LogP contribution in [0.25, 0.3) is 6.08 Å². The van der Waals surface area contributed by atoms with Gasteiger partial charge >= 0.3 is 0 Å². The van der Waals surface area contributed by atoms with Gasteiger partial charge in [-0.1, -0.05) is 23.7 Å². The Bertz CT molecular complexity index is 833. The lowest BCUT2D eigenvalue weighted by Gasteiger charge is -2.34. The summed E-state index contributed by atoms with van der Waals surface area (Å²) in [5.74, 6) is 0.392. The van der Waals surface area contributed by atoms with Crippen molar-refractivity contribution in [3.63, 3.8) is 0 Å². The Labute approximate surface area is 163 Å². The minimum absolute atomic E-state index is 0.0158. The summed E-state index contributed by atoms with van der Waals surface area (Å²) in [5, 5.41) is 0.644. The van der Waals surface area contributed by atoms with Crippen LogP contribution in [-0.2, 0) is 11.3 Å². The van der Waals surface area contributed by atoms with Crippen molar-refractivity contribution in [3.05, 3.63) is 70.5 Å². The average Bonchev–Trinajstić information content (AvgIpc) is 2.67. The topological polar surface area (TPSA) is 32.8 Å². The number of hydrogen-bond acceptors (Lipinski definition) is 3. The fraction of sp³-hybridized carbons (Fsp3) is 0.286. The summed E-state index contributed by atoms with van der Waals surface area (Å²) < 4.78 is 18.8. The Balaban J connectivity index is 1.54. The van der Waals surface area contributed by atoms with E-state index >= 15 is 0 Å². The summed E-state index contributed by atoms with van der Waals surface area (Å²) in [7, 11) is 1.58. The molecule has 4 nitrogen and oxygen atoms in total. The van der Waals surface area contributed by atoms with Crippen LogP contribution in [0.1, 0.15) is 11.1 Å². The average molecular weight is 389 g/mol. The predicted octanol–water partition coefficient (Wildman–Crippen LogP) is 3.85. The molecule has 1 fully saturated rings. The first-order valence-electron chi connectivity index (χ1n) is 8.82. The minimum Gasteiger partial charge on any atom is -0.496 e. The second kappa shape index (κ2) is 9.02. The summed E-state index contributed by atoms with van der Waals surface area (Å²) >= 11 is 5.96. The van der Waals surface area contributed by atoms with Crippen LogP contribution in [0.5, 0.6) is 5.75 Å². The van der Waals surface area contributed by atoms with Crippen molar-refractivity contribution in [3.8, 4) is 5.75 Å². The first-order valence-corrected chi connectivity index (χ1v) is 9.20. The molecule has 0 aromatic heterocycles. The van der Waals surface area contributed by atoms with Crippen LogP contribution in [0, 0.1) is 5.82 Å². The quantitative estimate of drug-likeness (QED) is 0.729. The molecule has 1 aliphatic rings. The van der Waals surface area contributed by atoms with Gasteiger partial charge in [0.05, 0.1) is 7.11 Å². The fourth-order valence-electron chi connectivity index (χ4n) is 3.12. The highest BCUT2D eigenvalue weighted by molar-refractivity contribution is 6.30. The van der Waals surface area contributed by atoms with E-state index in [-0.39, 0.29) is 11.7 Å².